The van der Waals surface area contributed by atoms with Crippen molar-refractivity contribution in [1.29, 1.82) is 0 Å². The fraction of sp³-hybridized carbons (Fsp3) is 0.733. The third-order valence-corrected chi connectivity index (χ3v) is 3.92. The normalized spacial score (nSPS) is 17.9. The number of methoxy groups -OCH3 is 2. The van der Waals surface area contributed by atoms with Gasteiger partial charge in [0, 0.05) is 33.2 Å². The van der Waals surface area contributed by atoms with Gasteiger partial charge in [-0.2, -0.15) is 5.10 Å². The molecule has 0 spiro atoms. The fourth-order valence-corrected chi connectivity index (χ4v) is 2.59. The van der Waals surface area contributed by atoms with Crippen molar-refractivity contribution in [2.75, 3.05) is 27.8 Å². The lowest BCUT2D eigenvalue weighted by Crippen LogP contribution is -2.48. The zero-order valence-corrected chi connectivity index (χ0v) is 17.4. The lowest BCUT2D eigenvalue weighted by molar-refractivity contribution is -0.144. The Labute approximate surface area is 165 Å². The molecule has 1 aliphatic heterocycles. The lowest BCUT2D eigenvalue weighted by Gasteiger charge is -2.25. The van der Waals surface area contributed by atoms with Crippen LogP contribution < -0.4 is 10.6 Å². The number of hydrogen-bond acceptors (Lipinski definition) is 6. The Bertz CT molecular complexity index is 592. The number of ether oxygens (including phenoxy) is 2. The van der Waals surface area contributed by atoms with Gasteiger partial charge >= 0.3 is 5.97 Å². The van der Waals surface area contributed by atoms with E-state index in [4.69, 9.17) is 9.47 Å². The molecule has 0 saturated carbocycles. The van der Waals surface area contributed by atoms with Crippen LogP contribution in [0.4, 0.5) is 0 Å². The number of carbonyl (C=O) groups excluding carboxylic acids is 1. The Morgan fingerprint density at radius 1 is 1.48 bits per heavy atom. The summed E-state index contributed by atoms with van der Waals surface area (Å²) in [6, 6.07) is 0.203. The molecule has 25 heavy (non-hydrogen) atoms. The molecule has 2 atom stereocenters. The van der Waals surface area contributed by atoms with Gasteiger partial charge in [0.05, 0.1) is 19.6 Å². The van der Waals surface area contributed by atoms with Crippen LogP contribution in [-0.4, -0.2) is 60.5 Å². The molecule has 0 aromatic carbocycles. The smallest absolute Gasteiger partial charge is 0.310 e. The first-order valence-corrected chi connectivity index (χ1v) is 8.04. The van der Waals surface area contributed by atoms with Crippen LogP contribution in [0.2, 0.25) is 0 Å². The molecule has 10 heteroatoms. The van der Waals surface area contributed by atoms with E-state index < -0.39 is 0 Å². The van der Waals surface area contributed by atoms with Crippen molar-refractivity contribution in [3.05, 3.63) is 11.6 Å². The number of nitrogens with zero attached hydrogens (tertiary/aromatic N) is 4. The molecule has 142 valence electrons. The van der Waals surface area contributed by atoms with Gasteiger partial charge < -0.3 is 20.1 Å². The van der Waals surface area contributed by atoms with Crippen molar-refractivity contribution in [2.45, 2.75) is 39.0 Å². The summed E-state index contributed by atoms with van der Waals surface area (Å²) < 4.78 is 11.7. The number of halogens is 1. The quantitative estimate of drug-likeness (QED) is 0.270. The number of aryl methyl sites for hydroxylation is 1. The van der Waals surface area contributed by atoms with Gasteiger partial charge in [-0.3, -0.25) is 9.79 Å². The van der Waals surface area contributed by atoms with Gasteiger partial charge in [-0.25, -0.2) is 9.67 Å². The van der Waals surface area contributed by atoms with Gasteiger partial charge in [-0.05, 0) is 6.42 Å². The summed E-state index contributed by atoms with van der Waals surface area (Å²) in [5, 5.41) is 11.0. The van der Waals surface area contributed by atoms with Crippen LogP contribution >= 0.6 is 24.0 Å². The van der Waals surface area contributed by atoms with Crippen molar-refractivity contribution in [3.8, 4) is 0 Å². The number of carbonyl (C=O) groups is 1. The van der Waals surface area contributed by atoms with E-state index in [1.807, 2.05) is 11.6 Å². The Kier molecular flexibility index (Phi) is 9.11. The Balaban J connectivity index is 0.00000312. The second-order valence-electron chi connectivity index (χ2n) is 5.82. The zero-order chi connectivity index (χ0) is 17.5. The molecule has 9 nitrogen and oxygen atoms in total. The highest BCUT2D eigenvalue weighted by molar-refractivity contribution is 14.0. The topological polar surface area (TPSA) is 103 Å². The average Bonchev–Trinajstić information content (AvgIpc) is 2.99. The van der Waals surface area contributed by atoms with Gasteiger partial charge in [-0.1, -0.05) is 6.92 Å². The number of nitrogens with one attached hydrogen (secondary N) is 2. The highest BCUT2D eigenvalue weighted by Crippen LogP contribution is 2.13. The van der Waals surface area contributed by atoms with Gasteiger partial charge in [0.25, 0.3) is 0 Å². The summed E-state index contributed by atoms with van der Waals surface area (Å²) in [5.41, 5.74) is 0. The summed E-state index contributed by atoms with van der Waals surface area (Å²) in [7, 11) is 4.73. The molecule has 0 amide bonds. The minimum atomic E-state index is -0.242. The Hall–Kier alpha value is -1.43. The summed E-state index contributed by atoms with van der Waals surface area (Å²) in [6.45, 7) is 3.42. The molecular formula is C15H27IN6O3. The first kappa shape index (κ1) is 21.6. The molecule has 2 rings (SSSR count). The van der Waals surface area contributed by atoms with Crippen LogP contribution in [0.25, 0.3) is 0 Å². The first-order chi connectivity index (χ1) is 11.6. The van der Waals surface area contributed by atoms with E-state index >= 15 is 0 Å². The SMILES string of the molecule is CN=C(NCC(C)C(=O)OC)NC1CCc2nc(COC)nn2C1.I. The van der Waals surface area contributed by atoms with Crippen LogP contribution in [0.1, 0.15) is 25.0 Å². The lowest BCUT2D eigenvalue weighted by atomic mass is 10.1. The van der Waals surface area contributed by atoms with Crippen LogP contribution in [0.15, 0.2) is 4.99 Å². The zero-order valence-electron chi connectivity index (χ0n) is 15.1. The Morgan fingerprint density at radius 3 is 2.88 bits per heavy atom. The minimum absolute atomic E-state index is 0. The standard InChI is InChI=1S/C15H26N6O3.HI/c1-10(14(22)24-4)7-17-15(16-2)18-11-5-6-13-19-12(9-23-3)20-21(13)8-11;/h10-11H,5-9H2,1-4H3,(H2,16,17,18);1H. The van der Waals surface area contributed by atoms with E-state index in [2.05, 4.69) is 25.7 Å². The number of aromatic nitrogens is 3. The van der Waals surface area contributed by atoms with Crippen LogP contribution in [0, 0.1) is 5.92 Å². The van der Waals surface area contributed by atoms with Crippen LogP contribution in [0.5, 0.6) is 0 Å². The third kappa shape index (κ3) is 6.10. The van der Waals surface area contributed by atoms with E-state index in [-0.39, 0.29) is 41.9 Å². The molecule has 1 aromatic rings. The first-order valence-electron chi connectivity index (χ1n) is 8.04. The van der Waals surface area contributed by atoms with Gasteiger partial charge in [0.15, 0.2) is 11.8 Å². The average molecular weight is 466 g/mol. The number of fused-ring (bicyclic) bond motifs is 1. The number of hydrogen-bond donors (Lipinski definition) is 2. The number of rotatable bonds is 6. The molecule has 2 heterocycles. The van der Waals surface area contributed by atoms with Crippen molar-refractivity contribution in [3.63, 3.8) is 0 Å². The summed E-state index contributed by atoms with van der Waals surface area (Å²) in [5.74, 6) is 1.88. The van der Waals surface area contributed by atoms with E-state index in [0.717, 1.165) is 25.2 Å². The molecule has 0 bridgehead atoms. The van der Waals surface area contributed by atoms with Crippen molar-refractivity contribution in [1.82, 2.24) is 25.4 Å². The van der Waals surface area contributed by atoms with Crippen molar-refractivity contribution < 1.29 is 14.3 Å². The second-order valence-corrected chi connectivity index (χ2v) is 5.82. The molecule has 2 unspecified atom stereocenters. The summed E-state index contributed by atoms with van der Waals surface area (Å²) in [6.07, 6.45) is 1.79. The molecule has 1 aliphatic rings. The highest BCUT2D eigenvalue weighted by atomic mass is 127. The molecule has 0 aliphatic carbocycles. The fourth-order valence-electron chi connectivity index (χ4n) is 2.59. The molecule has 2 N–H and O–H groups in total. The summed E-state index contributed by atoms with van der Waals surface area (Å²) >= 11 is 0. The molecule has 1 aromatic heterocycles. The van der Waals surface area contributed by atoms with E-state index in [9.17, 15) is 4.79 Å². The Morgan fingerprint density at radius 2 is 2.24 bits per heavy atom. The monoisotopic (exact) mass is 466 g/mol. The number of guanidine groups is 1. The van der Waals surface area contributed by atoms with Crippen molar-refractivity contribution >= 4 is 35.9 Å². The van der Waals surface area contributed by atoms with E-state index in [1.54, 1.807) is 14.2 Å². The van der Waals surface area contributed by atoms with E-state index in [1.165, 1.54) is 7.11 Å². The third-order valence-electron chi connectivity index (χ3n) is 3.92. The predicted molar refractivity (Wildman–Crippen MR) is 104 cm³/mol. The maximum atomic E-state index is 11.4. The van der Waals surface area contributed by atoms with Gasteiger partial charge in [0.1, 0.15) is 12.4 Å². The van der Waals surface area contributed by atoms with E-state index in [0.29, 0.717) is 24.9 Å². The maximum absolute atomic E-state index is 11.4. The molecule has 0 radical (unpaired) electrons. The highest BCUT2D eigenvalue weighted by Gasteiger charge is 2.22. The predicted octanol–water partition coefficient (Wildman–Crippen LogP) is 0.331. The van der Waals surface area contributed by atoms with Gasteiger partial charge in [-0.15, -0.1) is 24.0 Å². The summed E-state index contributed by atoms with van der Waals surface area (Å²) in [4.78, 5) is 20.1. The van der Waals surface area contributed by atoms with Crippen molar-refractivity contribution in [2.24, 2.45) is 10.9 Å². The van der Waals surface area contributed by atoms with Gasteiger partial charge in [0.2, 0.25) is 0 Å². The van der Waals surface area contributed by atoms with Crippen LogP contribution in [-0.2, 0) is 33.8 Å². The second kappa shape index (κ2) is 10.5. The number of aliphatic imine (C=N–C) groups is 1. The molecule has 0 fully saturated rings. The number of esters is 1. The largest absolute Gasteiger partial charge is 0.469 e. The molecular weight excluding hydrogens is 439 g/mol. The molecule has 0 saturated heterocycles. The minimum Gasteiger partial charge on any atom is -0.469 e. The van der Waals surface area contributed by atoms with Crippen LogP contribution in [0.3, 0.4) is 0 Å². The maximum Gasteiger partial charge on any atom is 0.310 e.